The molecule has 2 aliphatic heterocycles. The molecule has 1 amide bonds. The third-order valence-electron chi connectivity index (χ3n) is 6.60. The van der Waals surface area contributed by atoms with Crippen LogP contribution in [0.1, 0.15) is 23.6 Å². The van der Waals surface area contributed by atoms with Gasteiger partial charge < -0.3 is 14.5 Å². The summed E-state index contributed by atoms with van der Waals surface area (Å²) in [5.41, 5.74) is 1.40. The van der Waals surface area contributed by atoms with Gasteiger partial charge in [-0.1, -0.05) is 36.1 Å². The number of piperazine rings is 1. The number of thiocarbonyl (C=S) groups is 1. The maximum atomic E-state index is 14.4. The van der Waals surface area contributed by atoms with E-state index >= 15 is 0 Å². The average Bonchev–Trinajstić information content (AvgIpc) is 3.16. The third-order valence-corrected chi connectivity index (χ3v) is 7.98. The molecular weight excluding hydrogens is 513 g/mol. The predicted octanol–water partition coefficient (Wildman–Crippen LogP) is 3.36. The summed E-state index contributed by atoms with van der Waals surface area (Å²) < 4.78 is 21.5. The number of para-hydroxylation sites is 1. The summed E-state index contributed by atoms with van der Waals surface area (Å²) in [5, 5.41) is 9.77. The first-order valence-electron chi connectivity index (χ1n) is 12.0. The van der Waals surface area contributed by atoms with Crippen LogP contribution in [0.4, 0.5) is 15.9 Å². The second-order valence-corrected chi connectivity index (χ2v) is 10.3. The second-order valence-electron chi connectivity index (χ2n) is 8.65. The van der Waals surface area contributed by atoms with E-state index in [0.717, 1.165) is 0 Å². The zero-order chi connectivity index (χ0) is 26.7. The predicted molar refractivity (Wildman–Crippen MR) is 148 cm³/mol. The van der Waals surface area contributed by atoms with Gasteiger partial charge >= 0.3 is 0 Å². The van der Waals surface area contributed by atoms with Crippen molar-refractivity contribution in [3.05, 3.63) is 62.0 Å². The summed E-state index contributed by atoms with van der Waals surface area (Å²) in [6, 6.07) is 8.73. The minimum atomic E-state index is -0.362. The lowest BCUT2D eigenvalue weighted by Gasteiger charge is -2.39. The smallest absolute Gasteiger partial charge is 0.270 e. The Labute approximate surface area is 224 Å². The summed E-state index contributed by atoms with van der Waals surface area (Å²) in [6.45, 7) is 6.82. The Balaban J connectivity index is 1.75. The number of ether oxygens (including phenoxy) is 1. The molecule has 2 fully saturated rings. The molecule has 1 aromatic heterocycles. The molecule has 1 aromatic carbocycles. The van der Waals surface area contributed by atoms with Gasteiger partial charge in [-0.25, -0.2) is 4.39 Å². The molecule has 2 saturated heterocycles. The number of pyridine rings is 1. The fraction of sp³-hybridized carbons (Fsp3) is 0.385. The maximum absolute atomic E-state index is 14.4. The number of anilines is 2. The van der Waals surface area contributed by atoms with Crippen molar-refractivity contribution < 1.29 is 13.9 Å². The number of nitrogens with zero attached hydrogens (tertiary/aromatic N) is 5. The van der Waals surface area contributed by atoms with Gasteiger partial charge in [0.25, 0.3) is 11.5 Å². The molecule has 0 aliphatic carbocycles. The van der Waals surface area contributed by atoms with Crippen LogP contribution in [0.2, 0.25) is 0 Å². The zero-order valence-electron chi connectivity index (χ0n) is 21.0. The lowest BCUT2D eigenvalue weighted by molar-refractivity contribution is -0.122. The normalized spacial score (nSPS) is 17.2. The Morgan fingerprint density at radius 1 is 1.19 bits per heavy atom. The molecule has 0 unspecified atom stereocenters. The number of carbonyl (C=O) groups excluding carboxylic acids is 1. The first-order chi connectivity index (χ1) is 17.8. The number of aromatic nitrogens is 1. The quantitative estimate of drug-likeness (QED) is 0.390. The highest BCUT2D eigenvalue weighted by Crippen LogP contribution is 2.36. The number of benzene rings is 1. The molecule has 0 bridgehead atoms. The Hall–Kier alpha value is -3.20. The monoisotopic (exact) mass is 541 g/mol. The van der Waals surface area contributed by atoms with Crippen molar-refractivity contribution >= 4 is 51.8 Å². The van der Waals surface area contributed by atoms with Gasteiger partial charge in [0, 0.05) is 45.4 Å². The SMILES string of the molecule is CCn1c(N2CCN(c3ccccc3F)CC2)c(/C=C2/SC(=S)N(CCOC)C2=O)c(C)c(C#N)c1=O. The second kappa shape index (κ2) is 11.5. The van der Waals surface area contributed by atoms with Gasteiger partial charge in [0.15, 0.2) is 0 Å². The molecule has 4 rings (SSSR count). The zero-order valence-corrected chi connectivity index (χ0v) is 22.6. The van der Waals surface area contributed by atoms with Gasteiger partial charge in [-0.3, -0.25) is 19.1 Å². The standard InChI is InChI=1S/C26H28FN5O3S2/c1-4-31-23(30-11-9-29(10-12-30)21-8-6-5-7-20(21)27)18(17(2)19(16-28)24(31)33)15-22-25(34)32(13-14-35-3)26(36)37-22/h5-8,15H,4,9-14H2,1-3H3/b22-15+. The van der Waals surface area contributed by atoms with E-state index in [4.69, 9.17) is 17.0 Å². The Morgan fingerprint density at radius 3 is 2.49 bits per heavy atom. The van der Waals surface area contributed by atoms with Crippen LogP contribution in [0.3, 0.4) is 0 Å². The fourth-order valence-corrected chi connectivity index (χ4v) is 5.94. The van der Waals surface area contributed by atoms with Crippen molar-refractivity contribution in [2.45, 2.75) is 20.4 Å². The Bertz CT molecular complexity index is 1360. The van der Waals surface area contributed by atoms with Crippen LogP contribution < -0.4 is 15.4 Å². The van der Waals surface area contributed by atoms with Gasteiger partial charge in [-0.05, 0) is 37.6 Å². The number of rotatable bonds is 7. The molecule has 0 N–H and O–H groups in total. The lowest BCUT2D eigenvalue weighted by atomic mass is 10.0. The molecule has 0 radical (unpaired) electrons. The van der Waals surface area contributed by atoms with E-state index in [0.29, 0.717) is 77.7 Å². The van der Waals surface area contributed by atoms with Gasteiger partial charge in [0.2, 0.25) is 0 Å². The summed E-state index contributed by atoms with van der Waals surface area (Å²) >= 11 is 6.62. The topological polar surface area (TPSA) is 81.8 Å². The summed E-state index contributed by atoms with van der Waals surface area (Å²) in [4.78, 5) is 32.4. The summed E-state index contributed by atoms with van der Waals surface area (Å²) in [6.07, 6.45) is 1.74. The lowest BCUT2D eigenvalue weighted by Crippen LogP contribution is -2.49. The average molecular weight is 542 g/mol. The number of halogens is 1. The van der Waals surface area contributed by atoms with E-state index < -0.39 is 0 Å². The van der Waals surface area contributed by atoms with Gasteiger partial charge in [0.05, 0.1) is 23.7 Å². The first kappa shape index (κ1) is 26.9. The molecule has 2 aliphatic rings. The van der Waals surface area contributed by atoms with E-state index in [1.807, 2.05) is 24.0 Å². The molecule has 11 heteroatoms. The largest absolute Gasteiger partial charge is 0.383 e. The number of carbonyl (C=O) groups is 1. The molecule has 194 valence electrons. The maximum Gasteiger partial charge on any atom is 0.270 e. The molecule has 37 heavy (non-hydrogen) atoms. The highest BCUT2D eigenvalue weighted by molar-refractivity contribution is 8.26. The molecule has 2 aromatic rings. The van der Waals surface area contributed by atoms with Crippen molar-refractivity contribution in [2.24, 2.45) is 0 Å². The molecule has 0 atom stereocenters. The van der Waals surface area contributed by atoms with Crippen LogP contribution in [0.25, 0.3) is 6.08 Å². The van der Waals surface area contributed by atoms with Crippen molar-refractivity contribution in [3.8, 4) is 6.07 Å². The van der Waals surface area contributed by atoms with Crippen molar-refractivity contribution in [3.63, 3.8) is 0 Å². The molecule has 8 nitrogen and oxygen atoms in total. The van der Waals surface area contributed by atoms with E-state index in [2.05, 4.69) is 4.90 Å². The van der Waals surface area contributed by atoms with Crippen LogP contribution >= 0.6 is 24.0 Å². The number of hydrogen-bond donors (Lipinski definition) is 0. The van der Waals surface area contributed by atoms with Crippen molar-refractivity contribution in [1.82, 2.24) is 9.47 Å². The van der Waals surface area contributed by atoms with E-state index in [9.17, 15) is 19.2 Å². The number of amides is 1. The first-order valence-corrected chi connectivity index (χ1v) is 13.2. The van der Waals surface area contributed by atoms with Gasteiger partial charge in [0.1, 0.15) is 27.6 Å². The van der Waals surface area contributed by atoms with Crippen LogP contribution in [0.5, 0.6) is 0 Å². The van der Waals surface area contributed by atoms with E-state index in [1.165, 1.54) is 22.7 Å². The van der Waals surface area contributed by atoms with Crippen LogP contribution in [-0.4, -0.2) is 66.1 Å². The van der Waals surface area contributed by atoms with E-state index in [1.54, 1.807) is 36.8 Å². The summed E-state index contributed by atoms with van der Waals surface area (Å²) in [5.74, 6) is 0.153. The fourth-order valence-electron chi connectivity index (χ4n) is 4.65. The molecular formula is C26H28FN5O3S2. The number of hydrogen-bond acceptors (Lipinski definition) is 8. The molecule has 0 spiro atoms. The van der Waals surface area contributed by atoms with Gasteiger partial charge in [-0.15, -0.1) is 0 Å². The third kappa shape index (κ3) is 5.14. The van der Waals surface area contributed by atoms with Crippen LogP contribution in [0.15, 0.2) is 34.0 Å². The number of nitriles is 1. The minimum absolute atomic E-state index is 0.0525. The van der Waals surface area contributed by atoms with Crippen molar-refractivity contribution in [2.75, 3.05) is 56.2 Å². The number of methoxy groups -OCH3 is 1. The van der Waals surface area contributed by atoms with Crippen LogP contribution in [0, 0.1) is 24.1 Å². The minimum Gasteiger partial charge on any atom is -0.383 e. The van der Waals surface area contributed by atoms with Gasteiger partial charge in [-0.2, -0.15) is 5.26 Å². The highest BCUT2D eigenvalue weighted by atomic mass is 32.2. The Kier molecular flexibility index (Phi) is 8.32. The van der Waals surface area contributed by atoms with Crippen LogP contribution in [-0.2, 0) is 16.1 Å². The van der Waals surface area contributed by atoms with E-state index in [-0.39, 0.29) is 22.8 Å². The summed E-state index contributed by atoms with van der Waals surface area (Å²) in [7, 11) is 1.56. The Morgan fingerprint density at radius 2 is 1.86 bits per heavy atom. The number of thioether (sulfide) groups is 1. The molecule has 3 heterocycles. The van der Waals surface area contributed by atoms with Crippen molar-refractivity contribution in [1.29, 1.82) is 5.26 Å². The molecule has 0 saturated carbocycles. The highest BCUT2D eigenvalue weighted by Gasteiger charge is 2.33.